The fourth-order valence-corrected chi connectivity index (χ4v) is 4.32. The number of aryl methyl sites for hydroxylation is 3. The van der Waals surface area contributed by atoms with Crippen molar-refractivity contribution in [3.63, 3.8) is 0 Å². The molecule has 0 unspecified atom stereocenters. The van der Waals surface area contributed by atoms with Gasteiger partial charge in [-0.25, -0.2) is 4.99 Å². The van der Waals surface area contributed by atoms with Crippen LogP contribution in [0.4, 0.5) is 11.4 Å². The first-order valence-corrected chi connectivity index (χ1v) is 10.8. The second-order valence-corrected chi connectivity index (χ2v) is 8.72. The number of nitro groups is 1. The number of benzene rings is 2. The zero-order chi connectivity index (χ0) is 23.0. The number of hydrogen-bond acceptors (Lipinski definition) is 6. The average Bonchev–Trinajstić information content (AvgIpc) is 3.32. The third kappa shape index (κ3) is 4.36. The zero-order valence-corrected chi connectivity index (χ0v) is 18.9. The predicted molar refractivity (Wildman–Crippen MR) is 127 cm³/mol. The van der Waals surface area contributed by atoms with E-state index in [1.807, 2.05) is 38.1 Å². The van der Waals surface area contributed by atoms with Crippen LogP contribution >= 0.6 is 11.8 Å². The van der Waals surface area contributed by atoms with Crippen LogP contribution < -0.4 is 5.32 Å². The van der Waals surface area contributed by atoms with Crippen molar-refractivity contribution in [3.05, 3.63) is 85.5 Å². The van der Waals surface area contributed by atoms with Crippen LogP contribution in [0.5, 0.6) is 0 Å². The van der Waals surface area contributed by atoms with Gasteiger partial charge in [-0.2, -0.15) is 0 Å². The van der Waals surface area contributed by atoms with Gasteiger partial charge in [0.05, 0.1) is 15.5 Å². The number of furan rings is 1. The number of carbonyl (C=O) groups is 1. The summed E-state index contributed by atoms with van der Waals surface area (Å²) in [6, 6.07) is 12.8. The molecule has 32 heavy (non-hydrogen) atoms. The van der Waals surface area contributed by atoms with E-state index in [1.165, 1.54) is 11.8 Å². The molecule has 1 aromatic heterocycles. The fraction of sp³-hybridized carbons (Fsp3) is 0.167. The average molecular weight is 448 g/mol. The number of carbonyl (C=O) groups excluding carboxylic acids is 1. The Hall–Kier alpha value is -3.65. The highest BCUT2D eigenvalue weighted by atomic mass is 32.2. The van der Waals surface area contributed by atoms with E-state index in [1.54, 1.807) is 38.1 Å². The van der Waals surface area contributed by atoms with Gasteiger partial charge in [-0.3, -0.25) is 14.9 Å². The molecule has 1 aliphatic rings. The Bertz CT molecular complexity index is 1320. The lowest BCUT2D eigenvalue weighted by Gasteiger charge is -2.05. The van der Waals surface area contributed by atoms with Crippen LogP contribution in [-0.2, 0) is 4.79 Å². The van der Waals surface area contributed by atoms with Crippen LogP contribution in [-0.4, -0.2) is 16.0 Å². The predicted octanol–water partition coefficient (Wildman–Crippen LogP) is 5.98. The topological polar surface area (TPSA) is 97.7 Å². The van der Waals surface area contributed by atoms with Crippen molar-refractivity contribution in [2.75, 3.05) is 0 Å². The molecule has 162 valence electrons. The molecule has 0 aliphatic carbocycles. The molecule has 1 N–H and O–H groups in total. The number of aliphatic imine (C=N–C) groups is 1. The van der Waals surface area contributed by atoms with E-state index >= 15 is 0 Å². The Morgan fingerprint density at radius 3 is 2.56 bits per heavy atom. The summed E-state index contributed by atoms with van der Waals surface area (Å²) in [4.78, 5) is 28.4. The van der Waals surface area contributed by atoms with Crippen LogP contribution in [0.1, 0.15) is 28.0 Å². The van der Waals surface area contributed by atoms with E-state index in [0.29, 0.717) is 32.7 Å². The number of rotatable bonds is 4. The lowest BCUT2D eigenvalue weighted by Crippen LogP contribution is -2.19. The quantitative estimate of drug-likeness (QED) is 0.301. The minimum atomic E-state index is -0.395. The highest BCUT2D eigenvalue weighted by molar-refractivity contribution is 8.18. The molecule has 1 fully saturated rings. The van der Waals surface area contributed by atoms with Gasteiger partial charge in [-0.05, 0) is 74.8 Å². The van der Waals surface area contributed by atoms with Gasteiger partial charge < -0.3 is 9.73 Å². The van der Waals surface area contributed by atoms with Crippen LogP contribution in [0.2, 0.25) is 0 Å². The summed E-state index contributed by atoms with van der Waals surface area (Å²) in [7, 11) is 0. The lowest BCUT2D eigenvalue weighted by atomic mass is 10.0. The third-order valence-electron chi connectivity index (χ3n) is 5.11. The van der Waals surface area contributed by atoms with Crippen molar-refractivity contribution in [1.29, 1.82) is 0 Å². The molecule has 4 rings (SSSR count). The Balaban J connectivity index is 1.61. The maximum Gasteiger partial charge on any atom is 0.273 e. The molecule has 3 aromatic rings. The van der Waals surface area contributed by atoms with Gasteiger partial charge in [0.15, 0.2) is 5.17 Å². The van der Waals surface area contributed by atoms with Crippen molar-refractivity contribution >= 4 is 40.3 Å². The molecule has 2 heterocycles. The number of nitro benzene ring substituents is 1. The Morgan fingerprint density at radius 2 is 1.84 bits per heavy atom. The molecular formula is C24H21N3O4S. The first-order chi connectivity index (χ1) is 15.2. The van der Waals surface area contributed by atoms with E-state index in [0.717, 1.165) is 22.4 Å². The summed E-state index contributed by atoms with van der Waals surface area (Å²) in [5.74, 6) is 0.738. The van der Waals surface area contributed by atoms with Crippen molar-refractivity contribution < 1.29 is 14.1 Å². The summed E-state index contributed by atoms with van der Waals surface area (Å²) < 4.78 is 5.90. The smallest absolute Gasteiger partial charge is 0.273 e. The lowest BCUT2D eigenvalue weighted by molar-refractivity contribution is -0.385. The highest BCUT2D eigenvalue weighted by Crippen LogP contribution is 2.34. The molecule has 2 aromatic carbocycles. The van der Waals surface area contributed by atoms with Gasteiger partial charge in [-0.15, -0.1) is 0 Å². The first-order valence-electron chi connectivity index (χ1n) is 9.94. The number of nitrogens with one attached hydrogen (secondary N) is 1. The van der Waals surface area contributed by atoms with Gasteiger partial charge >= 0.3 is 0 Å². The largest absolute Gasteiger partial charge is 0.457 e. The number of amides is 1. The molecule has 1 saturated heterocycles. The van der Waals surface area contributed by atoms with Crippen molar-refractivity contribution in [2.24, 2.45) is 4.99 Å². The van der Waals surface area contributed by atoms with Gasteiger partial charge in [0.25, 0.3) is 11.6 Å². The van der Waals surface area contributed by atoms with E-state index in [2.05, 4.69) is 10.3 Å². The maximum atomic E-state index is 12.4. The molecule has 0 bridgehead atoms. The Kier molecular flexibility index (Phi) is 5.71. The molecule has 0 radical (unpaired) electrons. The van der Waals surface area contributed by atoms with Crippen molar-refractivity contribution in [2.45, 2.75) is 27.7 Å². The summed E-state index contributed by atoms with van der Waals surface area (Å²) in [5.41, 5.74) is 4.99. The fourth-order valence-electron chi connectivity index (χ4n) is 3.51. The SMILES string of the molecule is Cc1ccc(N=C2NC(=O)/C(=C/c3ccc(-c4cc(C)cc([N+](=O)[O-])c4C)o3)S2)c(C)c1. The van der Waals surface area contributed by atoms with Crippen LogP contribution in [0.15, 0.2) is 56.8 Å². The van der Waals surface area contributed by atoms with Crippen molar-refractivity contribution in [3.8, 4) is 11.3 Å². The summed E-state index contributed by atoms with van der Waals surface area (Å²) >= 11 is 1.24. The molecule has 0 atom stereocenters. The minimum Gasteiger partial charge on any atom is -0.457 e. The first kappa shape index (κ1) is 21.6. The molecule has 1 amide bonds. The number of thioether (sulfide) groups is 1. The maximum absolute atomic E-state index is 12.4. The van der Waals surface area contributed by atoms with Gasteiger partial charge in [-0.1, -0.05) is 17.7 Å². The summed E-state index contributed by atoms with van der Waals surface area (Å²) in [5, 5.41) is 14.6. The van der Waals surface area contributed by atoms with Gasteiger partial charge in [0, 0.05) is 23.3 Å². The summed E-state index contributed by atoms with van der Waals surface area (Å²) in [6.07, 6.45) is 1.65. The summed E-state index contributed by atoms with van der Waals surface area (Å²) in [6.45, 7) is 7.50. The monoisotopic (exact) mass is 447 g/mol. The zero-order valence-electron chi connectivity index (χ0n) is 18.1. The second kappa shape index (κ2) is 8.47. The van der Waals surface area contributed by atoms with E-state index in [4.69, 9.17) is 4.42 Å². The Labute approximate surface area is 189 Å². The van der Waals surface area contributed by atoms with Gasteiger partial charge in [0.1, 0.15) is 11.5 Å². The normalized spacial score (nSPS) is 16.1. The molecule has 8 heteroatoms. The number of nitrogens with zero attached hydrogens (tertiary/aromatic N) is 2. The third-order valence-corrected chi connectivity index (χ3v) is 6.02. The molecule has 0 spiro atoms. The van der Waals surface area contributed by atoms with E-state index in [9.17, 15) is 14.9 Å². The van der Waals surface area contributed by atoms with E-state index in [-0.39, 0.29) is 11.6 Å². The minimum absolute atomic E-state index is 0.0503. The second-order valence-electron chi connectivity index (χ2n) is 7.69. The molecule has 7 nitrogen and oxygen atoms in total. The van der Waals surface area contributed by atoms with Crippen LogP contribution in [0, 0.1) is 37.8 Å². The van der Waals surface area contributed by atoms with E-state index < -0.39 is 4.92 Å². The van der Waals surface area contributed by atoms with Crippen molar-refractivity contribution in [1.82, 2.24) is 5.32 Å². The highest BCUT2D eigenvalue weighted by Gasteiger charge is 2.25. The van der Waals surface area contributed by atoms with Gasteiger partial charge in [0.2, 0.25) is 0 Å². The standard InChI is InChI=1S/C24H21N3O4S/c1-13-5-7-19(15(3)9-13)25-24-26-23(28)22(32-24)12-17-6-8-21(31-17)18-10-14(2)11-20(16(18)4)27(29)30/h5-12H,1-4H3,(H,25,26,28)/b22-12-. The van der Waals surface area contributed by atoms with Crippen LogP contribution in [0.3, 0.4) is 0 Å². The van der Waals surface area contributed by atoms with Crippen LogP contribution in [0.25, 0.3) is 17.4 Å². The molecule has 1 aliphatic heterocycles. The molecular weight excluding hydrogens is 426 g/mol. The number of hydrogen-bond donors (Lipinski definition) is 1. The Morgan fingerprint density at radius 1 is 1.06 bits per heavy atom. The number of amidine groups is 1. The molecule has 0 saturated carbocycles.